The predicted molar refractivity (Wildman–Crippen MR) is 160 cm³/mol. The van der Waals surface area contributed by atoms with Gasteiger partial charge < -0.3 is 36.4 Å². The van der Waals surface area contributed by atoms with E-state index in [1.165, 1.54) is 49.3 Å². The molecular weight excluding hydrogens is 587 g/mol. The van der Waals surface area contributed by atoms with Gasteiger partial charge in [0.05, 0.1) is 17.2 Å². The van der Waals surface area contributed by atoms with Crippen molar-refractivity contribution < 1.29 is 44.0 Å². The topological polar surface area (TPSA) is 194 Å². The maximum absolute atomic E-state index is 15.9. The summed E-state index contributed by atoms with van der Waals surface area (Å²) in [7, 11) is 6.74. The van der Waals surface area contributed by atoms with Crippen LogP contribution in [0.15, 0.2) is 53.0 Å². The van der Waals surface area contributed by atoms with E-state index in [0.29, 0.717) is 6.54 Å². The number of phenols is 1. The van der Waals surface area contributed by atoms with Crippen LogP contribution in [-0.4, -0.2) is 107 Å². The Morgan fingerprint density at radius 2 is 1.76 bits per heavy atom. The SMILES string of the molecule is CN(C)CCNC(=O)c1cccc(-c2ccc(O)c3c2C[C@H]2C[C@H]4[C@H](N(C)C)C(O)=C(C(N)=O)C(=O)[C@@]4(O)C(O)=C2C3=O)c1F. The number of nitrogens with zero attached hydrogens (tertiary/aromatic N) is 2. The van der Waals surface area contributed by atoms with Gasteiger partial charge in [-0.25, -0.2) is 4.39 Å². The number of amides is 2. The van der Waals surface area contributed by atoms with Crippen LogP contribution in [0.4, 0.5) is 4.39 Å². The molecule has 3 aliphatic carbocycles. The zero-order valence-electron chi connectivity index (χ0n) is 25.2. The van der Waals surface area contributed by atoms with Crippen LogP contribution in [0, 0.1) is 17.7 Å². The lowest BCUT2D eigenvalue weighted by atomic mass is 9.58. The molecule has 13 heteroatoms. The lowest BCUT2D eigenvalue weighted by Gasteiger charge is -2.50. The molecule has 45 heavy (non-hydrogen) atoms. The Bertz CT molecular complexity index is 1710. The van der Waals surface area contributed by atoms with Gasteiger partial charge in [-0.2, -0.15) is 0 Å². The Morgan fingerprint density at radius 3 is 2.38 bits per heavy atom. The molecule has 4 atom stereocenters. The van der Waals surface area contributed by atoms with Crippen LogP contribution < -0.4 is 11.1 Å². The quantitative estimate of drug-likeness (QED) is 0.245. The largest absolute Gasteiger partial charge is 0.510 e. The minimum Gasteiger partial charge on any atom is -0.510 e. The summed E-state index contributed by atoms with van der Waals surface area (Å²) < 4.78 is 15.9. The highest BCUT2D eigenvalue weighted by Gasteiger charge is 2.63. The number of allylic oxidation sites excluding steroid dienone is 1. The molecule has 3 aliphatic rings. The minimum atomic E-state index is -2.77. The molecule has 0 saturated carbocycles. The summed E-state index contributed by atoms with van der Waals surface area (Å²) in [5.74, 6) is -9.16. The van der Waals surface area contributed by atoms with Crippen LogP contribution in [0.25, 0.3) is 11.1 Å². The first kappa shape index (κ1) is 31.8. The van der Waals surface area contributed by atoms with Crippen molar-refractivity contribution in [3.8, 4) is 16.9 Å². The first-order valence-electron chi connectivity index (χ1n) is 14.3. The molecule has 7 N–H and O–H groups in total. The lowest BCUT2D eigenvalue weighted by molar-refractivity contribution is -0.148. The molecule has 0 spiro atoms. The third-order valence-electron chi connectivity index (χ3n) is 8.98. The number of benzene rings is 2. The van der Waals surface area contributed by atoms with Gasteiger partial charge in [0.25, 0.3) is 11.8 Å². The number of carbonyl (C=O) groups excluding carboxylic acids is 4. The van der Waals surface area contributed by atoms with Gasteiger partial charge in [-0.05, 0) is 70.2 Å². The van der Waals surface area contributed by atoms with E-state index in [9.17, 15) is 39.6 Å². The average molecular weight is 623 g/mol. The first-order valence-corrected chi connectivity index (χ1v) is 14.3. The molecule has 0 aromatic heterocycles. The Hall–Kier alpha value is -4.59. The van der Waals surface area contributed by atoms with Crippen LogP contribution in [0.1, 0.15) is 32.7 Å². The number of nitrogens with two attached hydrogens (primary N) is 1. The number of ketones is 2. The van der Waals surface area contributed by atoms with Crippen molar-refractivity contribution in [1.82, 2.24) is 15.1 Å². The maximum Gasteiger partial charge on any atom is 0.255 e. The van der Waals surface area contributed by atoms with Crippen LogP contribution in [0.5, 0.6) is 5.75 Å². The van der Waals surface area contributed by atoms with Gasteiger partial charge >= 0.3 is 0 Å². The molecule has 0 radical (unpaired) electrons. The molecule has 0 bridgehead atoms. The van der Waals surface area contributed by atoms with Crippen LogP contribution in [-0.2, 0) is 16.0 Å². The summed E-state index contributed by atoms with van der Waals surface area (Å²) >= 11 is 0. The van der Waals surface area contributed by atoms with Gasteiger partial charge in [-0.1, -0.05) is 18.2 Å². The van der Waals surface area contributed by atoms with Crippen LogP contribution >= 0.6 is 0 Å². The fourth-order valence-electron chi connectivity index (χ4n) is 6.91. The number of aliphatic hydroxyl groups is 3. The smallest absolute Gasteiger partial charge is 0.255 e. The average Bonchev–Trinajstić information content (AvgIpc) is 2.95. The predicted octanol–water partition coefficient (Wildman–Crippen LogP) is 1.22. The number of hydrogen-bond donors (Lipinski definition) is 6. The molecule has 238 valence electrons. The van der Waals surface area contributed by atoms with E-state index in [4.69, 9.17) is 5.73 Å². The number of nitrogens with one attached hydrogen (secondary N) is 1. The molecule has 5 rings (SSSR count). The third-order valence-corrected chi connectivity index (χ3v) is 8.98. The summed E-state index contributed by atoms with van der Waals surface area (Å²) in [5, 5.41) is 47.6. The normalized spacial score (nSPS) is 24.5. The number of halogens is 1. The lowest BCUT2D eigenvalue weighted by Crippen LogP contribution is -2.63. The Kier molecular flexibility index (Phi) is 8.06. The van der Waals surface area contributed by atoms with Crippen molar-refractivity contribution in [2.24, 2.45) is 17.6 Å². The number of rotatable bonds is 7. The number of aromatic hydroxyl groups is 1. The Balaban J connectivity index is 1.63. The van der Waals surface area contributed by atoms with Gasteiger partial charge in [0.15, 0.2) is 11.4 Å². The zero-order chi connectivity index (χ0) is 33.1. The molecule has 2 amide bonds. The number of aliphatic hydroxyl groups excluding tert-OH is 2. The van der Waals surface area contributed by atoms with Crippen molar-refractivity contribution in [3.63, 3.8) is 0 Å². The van der Waals surface area contributed by atoms with E-state index < -0.39 is 75.5 Å². The molecule has 0 heterocycles. The van der Waals surface area contributed by atoms with Crippen LogP contribution in [0.2, 0.25) is 0 Å². The molecule has 12 nitrogen and oxygen atoms in total. The van der Waals surface area contributed by atoms with E-state index in [1.807, 2.05) is 19.0 Å². The number of phenolic OH excluding ortho intramolecular Hbond substituents is 1. The highest BCUT2D eigenvalue weighted by Crippen LogP contribution is 2.53. The van der Waals surface area contributed by atoms with Gasteiger partial charge in [-0.3, -0.25) is 24.1 Å². The molecule has 2 aromatic rings. The number of Topliss-reactive ketones (excluding diaryl/α,β-unsaturated/α-hetero) is 2. The first-order chi connectivity index (χ1) is 21.1. The Morgan fingerprint density at radius 1 is 1.07 bits per heavy atom. The highest BCUT2D eigenvalue weighted by molar-refractivity contribution is 6.25. The molecular formula is C32H35FN4O8. The standard InChI is InChI=1S/C32H35FN4O8/c1-36(2)11-10-35-31(44)17-7-5-6-16(24(17)33)15-8-9-20(38)22-18(15)12-14-13-19-25(37(3)4)27(40)23(30(34)43)29(42)32(19,45)28(41)21(14)26(22)39/h5-9,14,19,25,38,40-41,45H,10-13H2,1-4H3,(H2,34,43)(H,35,44)/t14-,19-,25-,32-/m0/s1. The summed E-state index contributed by atoms with van der Waals surface area (Å²) in [6.07, 6.45) is -0.144. The summed E-state index contributed by atoms with van der Waals surface area (Å²) in [6.45, 7) is 0.826. The second-order valence-electron chi connectivity index (χ2n) is 12.2. The van der Waals surface area contributed by atoms with E-state index in [1.54, 1.807) is 0 Å². The fraction of sp³-hybridized carbons (Fsp3) is 0.375. The summed E-state index contributed by atoms with van der Waals surface area (Å²) in [4.78, 5) is 55.7. The molecule has 2 aromatic carbocycles. The summed E-state index contributed by atoms with van der Waals surface area (Å²) in [6, 6.07) is 5.77. The molecule has 0 aliphatic heterocycles. The van der Waals surface area contributed by atoms with Gasteiger partial charge in [0.1, 0.15) is 28.7 Å². The number of carbonyl (C=O) groups is 4. The number of likely N-dealkylation sites (N-methyl/N-ethyl adjacent to an activating group) is 2. The van der Waals surface area contributed by atoms with Gasteiger partial charge in [0.2, 0.25) is 5.78 Å². The summed E-state index contributed by atoms with van der Waals surface area (Å²) in [5.41, 5.74) is 1.41. The van der Waals surface area contributed by atoms with Crippen LogP contribution in [0.3, 0.4) is 0 Å². The van der Waals surface area contributed by atoms with E-state index >= 15 is 4.39 Å². The number of primary amides is 1. The highest BCUT2D eigenvalue weighted by atomic mass is 19.1. The van der Waals surface area contributed by atoms with Gasteiger partial charge in [0, 0.05) is 30.1 Å². The van der Waals surface area contributed by atoms with Crippen molar-refractivity contribution in [2.75, 3.05) is 41.3 Å². The second-order valence-corrected chi connectivity index (χ2v) is 12.2. The number of hydrogen-bond acceptors (Lipinski definition) is 10. The monoisotopic (exact) mass is 622 g/mol. The minimum absolute atomic E-state index is 0.00830. The third kappa shape index (κ3) is 4.87. The van der Waals surface area contributed by atoms with E-state index in [2.05, 4.69) is 5.32 Å². The molecule has 0 saturated heterocycles. The number of fused-ring (bicyclic) bond motifs is 3. The molecule has 0 unspecified atom stereocenters. The van der Waals surface area contributed by atoms with Crippen molar-refractivity contribution in [2.45, 2.75) is 24.5 Å². The zero-order valence-corrected chi connectivity index (χ0v) is 25.2. The van der Waals surface area contributed by atoms with Crippen molar-refractivity contribution >= 4 is 23.4 Å². The van der Waals surface area contributed by atoms with Gasteiger partial charge in [-0.15, -0.1) is 0 Å². The van der Waals surface area contributed by atoms with E-state index in [-0.39, 0.29) is 52.8 Å². The van der Waals surface area contributed by atoms with Crippen molar-refractivity contribution in [3.05, 3.63) is 75.5 Å². The molecule has 0 fully saturated rings. The second kappa shape index (κ2) is 11.4. The fourth-order valence-corrected chi connectivity index (χ4v) is 6.91. The van der Waals surface area contributed by atoms with Crippen molar-refractivity contribution in [1.29, 1.82) is 0 Å². The van der Waals surface area contributed by atoms with E-state index in [0.717, 1.165) is 0 Å². The maximum atomic E-state index is 15.9. The Labute approximate surface area is 258 Å².